The molecule has 1 saturated heterocycles. The van der Waals surface area contributed by atoms with E-state index >= 15 is 0 Å². The van der Waals surface area contributed by atoms with Gasteiger partial charge in [0.05, 0.1) is 24.9 Å². The van der Waals surface area contributed by atoms with Gasteiger partial charge in [0.2, 0.25) is 11.9 Å². The lowest BCUT2D eigenvalue weighted by atomic mass is 9.79. The smallest absolute Gasteiger partial charge is 0.246 e. The molecule has 1 amide bonds. The molecule has 2 aliphatic rings. The second-order valence-electron chi connectivity index (χ2n) is 7.74. The SMILES string of the molecule is COCC(=O)NC1CCCCC12CN(c1nccc(-c3ccccc3)n1)CCO2. The van der Waals surface area contributed by atoms with Crippen LogP contribution in [0.1, 0.15) is 25.7 Å². The molecule has 0 radical (unpaired) electrons. The number of carbonyl (C=O) groups excluding carboxylic acids is 1. The van der Waals surface area contributed by atoms with Crippen LogP contribution < -0.4 is 10.2 Å². The lowest BCUT2D eigenvalue weighted by Crippen LogP contribution is -2.64. The van der Waals surface area contributed by atoms with Gasteiger partial charge in [0, 0.05) is 25.4 Å². The van der Waals surface area contributed by atoms with Crippen molar-refractivity contribution >= 4 is 11.9 Å². The molecule has 1 spiro atoms. The number of morpholine rings is 1. The van der Waals surface area contributed by atoms with Gasteiger partial charge in [-0.2, -0.15) is 0 Å². The molecule has 7 nitrogen and oxygen atoms in total. The molecule has 2 fully saturated rings. The van der Waals surface area contributed by atoms with Crippen LogP contribution >= 0.6 is 0 Å². The van der Waals surface area contributed by atoms with Crippen LogP contribution in [0.15, 0.2) is 42.6 Å². The average molecular weight is 396 g/mol. The number of ether oxygens (including phenoxy) is 2. The van der Waals surface area contributed by atoms with E-state index in [1.807, 2.05) is 30.5 Å². The van der Waals surface area contributed by atoms with Crippen molar-refractivity contribution in [3.63, 3.8) is 0 Å². The van der Waals surface area contributed by atoms with Crippen LogP contribution in [0.2, 0.25) is 0 Å². The first kappa shape index (κ1) is 19.8. The molecule has 2 atom stereocenters. The summed E-state index contributed by atoms with van der Waals surface area (Å²) in [5, 5.41) is 3.13. The number of amides is 1. The van der Waals surface area contributed by atoms with Gasteiger partial charge in [0.1, 0.15) is 12.2 Å². The Labute approximate surface area is 171 Å². The van der Waals surface area contributed by atoms with Gasteiger partial charge in [0.25, 0.3) is 0 Å². The van der Waals surface area contributed by atoms with Crippen molar-refractivity contribution in [3.05, 3.63) is 42.6 Å². The summed E-state index contributed by atoms with van der Waals surface area (Å²) in [5.41, 5.74) is 1.57. The van der Waals surface area contributed by atoms with Crippen LogP contribution in [0, 0.1) is 0 Å². The Bertz CT molecular complexity index is 828. The van der Waals surface area contributed by atoms with Crippen LogP contribution in [-0.4, -0.2) is 60.9 Å². The van der Waals surface area contributed by atoms with Crippen LogP contribution in [-0.2, 0) is 14.3 Å². The summed E-state index contributed by atoms with van der Waals surface area (Å²) < 4.78 is 11.3. The zero-order chi connectivity index (χ0) is 20.1. The summed E-state index contributed by atoms with van der Waals surface area (Å²) in [7, 11) is 1.53. The highest BCUT2D eigenvalue weighted by molar-refractivity contribution is 5.77. The minimum atomic E-state index is -0.411. The van der Waals surface area contributed by atoms with E-state index < -0.39 is 5.60 Å². The number of nitrogens with zero attached hydrogens (tertiary/aromatic N) is 3. The van der Waals surface area contributed by atoms with Crippen LogP contribution in [0.5, 0.6) is 0 Å². The number of aromatic nitrogens is 2. The Balaban J connectivity index is 1.55. The zero-order valence-corrected chi connectivity index (χ0v) is 16.8. The maximum atomic E-state index is 12.2. The second kappa shape index (κ2) is 8.88. The van der Waals surface area contributed by atoms with E-state index in [1.165, 1.54) is 7.11 Å². The summed E-state index contributed by atoms with van der Waals surface area (Å²) in [6.45, 7) is 2.07. The maximum Gasteiger partial charge on any atom is 0.246 e. The minimum absolute atomic E-state index is 0.0287. The van der Waals surface area contributed by atoms with Gasteiger partial charge in [-0.25, -0.2) is 9.97 Å². The van der Waals surface area contributed by atoms with Crippen LogP contribution in [0.25, 0.3) is 11.3 Å². The third-order valence-corrected chi connectivity index (χ3v) is 5.79. The summed E-state index contributed by atoms with van der Waals surface area (Å²) in [5.74, 6) is 0.614. The standard InChI is InChI=1S/C22H28N4O3/c1-28-15-20(27)25-19-9-5-6-11-22(19)16-26(13-14-29-22)21-23-12-10-18(24-21)17-7-3-2-4-8-17/h2-4,7-8,10,12,19H,5-6,9,11,13-16H2,1H3,(H,25,27). The van der Waals surface area contributed by atoms with Gasteiger partial charge in [-0.05, 0) is 18.9 Å². The van der Waals surface area contributed by atoms with Crippen molar-refractivity contribution in [1.82, 2.24) is 15.3 Å². The lowest BCUT2D eigenvalue weighted by molar-refractivity contribution is -0.134. The third-order valence-electron chi connectivity index (χ3n) is 5.79. The van der Waals surface area contributed by atoms with Gasteiger partial charge in [-0.15, -0.1) is 0 Å². The molecule has 0 bridgehead atoms. The quantitative estimate of drug-likeness (QED) is 0.837. The van der Waals surface area contributed by atoms with E-state index in [2.05, 4.69) is 27.3 Å². The highest BCUT2D eigenvalue weighted by atomic mass is 16.5. The van der Waals surface area contributed by atoms with E-state index in [-0.39, 0.29) is 18.6 Å². The molecule has 1 saturated carbocycles. The predicted molar refractivity (Wildman–Crippen MR) is 111 cm³/mol. The summed E-state index contributed by atoms with van der Waals surface area (Å²) in [6.07, 6.45) is 5.82. The van der Waals surface area contributed by atoms with Gasteiger partial charge in [-0.1, -0.05) is 43.2 Å². The molecule has 7 heteroatoms. The molecule has 154 valence electrons. The summed E-state index contributed by atoms with van der Waals surface area (Å²) >= 11 is 0. The molecule has 2 unspecified atom stereocenters. The van der Waals surface area contributed by atoms with Gasteiger partial charge in [-0.3, -0.25) is 4.79 Å². The molecule has 1 aliphatic heterocycles. The summed E-state index contributed by atoms with van der Waals surface area (Å²) in [6, 6.07) is 12.0. The minimum Gasteiger partial charge on any atom is -0.375 e. The average Bonchev–Trinajstić information content (AvgIpc) is 2.77. The van der Waals surface area contributed by atoms with E-state index in [1.54, 1.807) is 0 Å². The second-order valence-corrected chi connectivity index (χ2v) is 7.74. The molecule has 29 heavy (non-hydrogen) atoms. The predicted octanol–water partition coefficient (Wildman–Crippen LogP) is 2.42. The molecular weight excluding hydrogens is 368 g/mol. The first-order chi connectivity index (χ1) is 14.2. The number of methoxy groups -OCH3 is 1. The largest absolute Gasteiger partial charge is 0.375 e. The first-order valence-electron chi connectivity index (χ1n) is 10.3. The summed E-state index contributed by atoms with van der Waals surface area (Å²) in [4.78, 5) is 23.7. The lowest BCUT2D eigenvalue weighted by Gasteiger charge is -2.49. The van der Waals surface area contributed by atoms with E-state index in [9.17, 15) is 4.79 Å². The topological polar surface area (TPSA) is 76.6 Å². The Kier molecular flexibility index (Phi) is 6.06. The number of rotatable bonds is 5. The third kappa shape index (κ3) is 4.41. The van der Waals surface area contributed by atoms with Crippen molar-refractivity contribution in [2.24, 2.45) is 0 Å². The number of benzene rings is 1. The number of hydrogen-bond donors (Lipinski definition) is 1. The Hall–Kier alpha value is -2.51. The van der Waals surface area contributed by atoms with Crippen molar-refractivity contribution in [2.75, 3.05) is 38.3 Å². The van der Waals surface area contributed by atoms with Gasteiger partial charge >= 0.3 is 0 Å². The van der Waals surface area contributed by atoms with E-state index in [0.29, 0.717) is 19.1 Å². The fourth-order valence-electron chi connectivity index (χ4n) is 4.39. The molecule has 2 aromatic rings. The number of nitrogens with one attached hydrogen (secondary N) is 1. The highest BCUT2D eigenvalue weighted by Gasteiger charge is 2.46. The Morgan fingerprint density at radius 1 is 1.31 bits per heavy atom. The van der Waals surface area contributed by atoms with Crippen molar-refractivity contribution < 1.29 is 14.3 Å². The van der Waals surface area contributed by atoms with Crippen molar-refractivity contribution in [1.29, 1.82) is 0 Å². The van der Waals surface area contributed by atoms with Gasteiger partial charge < -0.3 is 19.7 Å². The zero-order valence-electron chi connectivity index (χ0n) is 16.8. The van der Waals surface area contributed by atoms with Crippen LogP contribution in [0.4, 0.5) is 5.95 Å². The first-order valence-corrected chi connectivity index (χ1v) is 10.3. The number of carbonyl (C=O) groups is 1. The fourth-order valence-corrected chi connectivity index (χ4v) is 4.39. The molecule has 4 rings (SSSR count). The molecule has 1 aromatic heterocycles. The molecule has 1 aliphatic carbocycles. The van der Waals surface area contributed by atoms with Crippen molar-refractivity contribution in [2.45, 2.75) is 37.3 Å². The molecule has 1 N–H and O–H groups in total. The molecular formula is C22H28N4O3. The Morgan fingerprint density at radius 3 is 3.00 bits per heavy atom. The number of anilines is 1. The van der Waals surface area contributed by atoms with Crippen molar-refractivity contribution in [3.8, 4) is 11.3 Å². The molecule has 2 heterocycles. The maximum absolute atomic E-state index is 12.2. The highest BCUT2D eigenvalue weighted by Crippen LogP contribution is 2.36. The van der Waals surface area contributed by atoms with Gasteiger partial charge in [0.15, 0.2) is 0 Å². The number of hydrogen-bond acceptors (Lipinski definition) is 6. The monoisotopic (exact) mass is 396 g/mol. The Morgan fingerprint density at radius 2 is 2.17 bits per heavy atom. The fraction of sp³-hybridized carbons (Fsp3) is 0.500. The van der Waals surface area contributed by atoms with E-state index in [0.717, 1.165) is 43.5 Å². The van der Waals surface area contributed by atoms with Crippen LogP contribution in [0.3, 0.4) is 0 Å². The van der Waals surface area contributed by atoms with E-state index in [4.69, 9.17) is 14.5 Å². The molecule has 1 aromatic carbocycles. The normalized spacial score (nSPS) is 24.4.